The number of fused-ring (bicyclic) bond motifs is 1. The molecule has 2 saturated carbocycles. The molecule has 2 aliphatic rings. The molecule has 70 valence electrons. The highest BCUT2D eigenvalue weighted by Crippen LogP contribution is 2.78. The van der Waals surface area contributed by atoms with E-state index in [4.69, 9.17) is 0 Å². The quantitative estimate of drug-likeness (QED) is 0.584. The molecule has 2 heteroatoms. The van der Waals surface area contributed by atoms with Crippen LogP contribution in [-0.4, -0.2) is 3.23 Å². The second kappa shape index (κ2) is 2.31. The predicted molar refractivity (Wildman–Crippen MR) is 59.8 cm³/mol. The van der Waals surface area contributed by atoms with Crippen molar-refractivity contribution >= 4 is 31.9 Å². The molecule has 2 fully saturated rings. The lowest BCUT2D eigenvalue weighted by Crippen LogP contribution is -2.20. The molecule has 0 aromatic carbocycles. The van der Waals surface area contributed by atoms with E-state index in [0.29, 0.717) is 10.8 Å². The minimum Gasteiger partial charge on any atom is -0.0718 e. The fourth-order valence-electron chi connectivity index (χ4n) is 2.62. The Kier molecular flexibility index (Phi) is 1.83. The van der Waals surface area contributed by atoms with Gasteiger partial charge in [0.15, 0.2) is 0 Å². The van der Waals surface area contributed by atoms with Crippen LogP contribution in [0.15, 0.2) is 0 Å². The highest BCUT2D eigenvalue weighted by atomic mass is 79.9. The van der Waals surface area contributed by atoms with Gasteiger partial charge in [-0.25, -0.2) is 0 Å². The molecule has 0 aromatic rings. The van der Waals surface area contributed by atoms with Gasteiger partial charge in [-0.1, -0.05) is 52.6 Å². The summed E-state index contributed by atoms with van der Waals surface area (Å²) in [6, 6.07) is 0. The van der Waals surface area contributed by atoms with Crippen molar-refractivity contribution in [1.29, 1.82) is 0 Å². The van der Waals surface area contributed by atoms with Crippen LogP contribution in [0.1, 0.15) is 40.0 Å². The number of rotatable bonds is 0. The van der Waals surface area contributed by atoms with Crippen molar-refractivity contribution in [3.63, 3.8) is 0 Å². The van der Waals surface area contributed by atoms with Crippen LogP contribution in [0.2, 0.25) is 0 Å². The predicted octanol–water partition coefficient (Wildman–Crippen LogP) is 4.32. The highest BCUT2D eigenvalue weighted by Gasteiger charge is 2.73. The zero-order chi connectivity index (χ0) is 9.20. The Morgan fingerprint density at radius 1 is 1.08 bits per heavy atom. The van der Waals surface area contributed by atoms with Crippen LogP contribution >= 0.6 is 31.9 Å². The minimum atomic E-state index is 0.265. The second-order valence-electron chi connectivity index (χ2n) is 5.46. The van der Waals surface area contributed by atoms with Gasteiger partial charge < -0.3 is 0 Å². The first-order valence-corrected chi connectivity index (χ1v) is 6.26. The second-order valence-corrected chi connectivity index (χ2v) is 9.03. The third-order valence-corrected chi connectivity index (χ3v) is 6.88. The van der Waals surface area contributed by atoms with Gasteiger partial charge in [0.2, 0.25) is 0 Å². The Morgan fingerprint density at radius 2 is 1.67 bits per heavy atom. The maximum Gasteiger partial charge on any atom is 0.0896 e. The summed E-state index contributed by atoms with van der Waals surface area (Å²) in [7, 11) is 0. The Morgan fingerprint density at radius 3 is 2.08 bits per heavy atom. The molecule has 0 spiro atoms. The highest BCUT2D eigenvalue weighted by molar-refractivity contribution is 9.25. The summed E-state index contributed by atoms with van der Waals surface area (Å²) in [6.07, 6.45) is 4.10. The summed E-state index contributed by atoms with van der Waals surface area (Å²) in [5.41, 5.74) is 1.09. The van der Waals surface area contributed by atoms with Crippen LogP contribution in [-0.2, 0) is 0 Å². The zero-order valence-corrected chi connectivity index (χ0v) is 11.1. The monoisotopic (exact) mass is 294 g/mol. The average Bonchev–Trinajstić information content (AvgIpc) is 2.32. The zero-order valence-electron chi connectivity index (χ0n) is 7.95. The van der Waals surface area contributed by atoms with Gasteiger partial charge in [0, 0.05) is 0 Å². The number of hydrogen-bond acceptors (Lipinski definition) is 0. The van der Waals surface area contributed by atoms with Gasteiger partial charge >= 0.3 is 0 Å². The van der Waals surface area contributed by atoms with Crippen LogP contribution in [0.4, 0.5) is 0 Å². The van der Waals surface area contributed by atoms with Gasteiger partial charge in [0.1, 0.15) is 0 Å². The third-order valence-electron chi connectivity index (χ3n) is 3.96. The van der Waals surface area contributed by atoms with Crippen molar-refractivity contribution in [1.82, 2.24) is 0 Å². The topological polar surface area (TPSA) is 0 Å². The van der Waals surface area contributed by atoms with Crippen LogP contribution in [0.25, 0.3) is 0 Å². The molecule has 0 aromatic heterocycles. The van der Waals surface area contributed by atoms with Gasteiger partial charge in [-0.3, -0.25) is 0 Å². The molecule has 2 rings (SSSR count). The molecule has 2 atom stereocenters. The molecule has 0 radical (unpaired) electrons. The summed E-state index contributed by atoms with van der Waals surface area (Å²) >= 11 is 7.61. The molecular weight excluding hydrogens is 280 g/mol. The minimum absolute atomic E-state index is 0.265. The van der Waals surface area contributed by atoms with Crippen LogP contribution in [0.5, 0.6) is 0 Å². The van der Waals surface area contributed by atoms with Crippen molar-refractivity contribution in [2.75, 3.05) is 0 Å². The van der Waals surface area contributed by atoms with E-state index in [1.54, 1.807) is 0 Å². The first-order chi connectivity index (χ1) is 5.30. The van der Waals surface area contributed by atoms with Crippen molar-refractivity contribution in [2.45, 2.75) is 43.3 Å². The van der Waals surface area contributed by atoms with E-state index in [2.05, 4.69) is 52.6 Å². The van der Waals surface area contributed by atoms with Crippen LogP contribution in [0, 0.1) is 16.7 Å². The van der Waals surface area contributed by atoms with Gasteiger partial charge in [0.25, 0.3) is 0 Å². The lowest BCUT2D eigenvalue weighted by Gasteiger charge is -2.31. The molecular formula is C10H16Br2. The molecule has 0 amide bonds. The van der Waals surface area contributed by atoms with Gasteiger partial charge in [-0.15, -0.1) is 0 Å². The molecule has 0 saturated heterocycles. The van der Waals surface area contributed by atoms with Crippen molar-refractivity contribution in [3.05, 3.63) is 0 Å². The van der Waals surface area contributed by atoms with E-state index in [1.807, 2.05) is 0 Å². The Bertz CT molecular complexity index is 220. The summed E-state index contributed by atoms with van der Waals surface area (Å²) in [6.45, 7) is 7.18. The normalized spacial score (nSPS) is 48.2. The maximum atomic E-state index is 3.80. The molecule has 0 heterocycles. The third kappa shape index (κ3) is 1.06. The fourth-order valence-corrected chi connectivity index (χ4v) is 4.68. The van der Waals surface area contributed by atoms with E-state index >= 15 is 0 Å². The average molecular weight is 296 g/mol. The van der Waals surface area contributed by atoms with E-state index < -0.39 is 0 Å². The van der Waals surface area contributed by atoms with Crippen molar-refractivity contribution in [3.8, 4) is 0 Å². The lowest BCUT2D eigenvalue weighted by molar-refractivity contribution is 0.193. The lowest BCUT2D eigenvalue weighted by atomic mass is 9.74. The molecule has 12 heavy (non-hydrogen) atoms. The number of hydrogen-bond donors (Lipinski definition) is 0. The summed E-state index contributed by atoms with van der Waals surface area (Å²) in [5, 5.41) is 0. The van der Waals surface area contributed by atoms with E-state index in [9.17, 15) is 0 Å². The van der Waals surface area contributed by atoms with E-state index in [1.165, 1.54) is 19.3 Å². The standard InChI is InChI=1S/C10H16Br2/c1-8(2)4-5-9(3)7(6-8)10(9,11)12/h7H,4-6H2,1-3H3/t7-,9-/m1/s1. The van der Waals surface area contributed by atoms with E-state index in [-0.39, 0.29) is 3.23 Å². The number of alkyl halides is 2. The van der Waals surface area contributed by atoms with Crippen molar-refractivity contribution in [2.24, 2.45) is 16.7 Å². The Balaban J connectivity index is 2.18. The van der Waals surface area contributed by atoms with Crippen LogP contribution < -0.4 is 0 Å². The summed E-state index contributed by atoms with van der Waals surface area (Å²) in [5.74, 6) is 0.841. The summed E-state index contributed by atoms with van der Waals surface area (Å²) < 4.78 is 0.265. The van der Waals surface area contributed by atoms with Crippen LogP contribution in [0.3, 0.4) is 0 Å². The SMILES string of the molecule is CC1(C)CC[C@]2(C)[C@@H](C1)C2(Br)Br. The Hall–Kier alpha value is 0.960. The molecule has 0 unspecified atom stereocenters. The molecule has 2 aliphatic carbocycles. The van der Waals surface area contributed by atoms with Gasteiger partial charge in [0.05, 0.1) is 3.23 Å². The first kappa shape index (κ1) is 9.51. The maximum absolute atomic E-state index is 3.80. The van der Waals surface area contributed by atoms with Gasteiger partial charge in [-0.05, 0) is 36.0 Å². The van der Waals surface area contributed by atoms with E-state index in [0.717, 1.165) is 5.92 Å². The molecule has 0 N–H and O–H groups in total. The molecule has 0 nitrogen and oxygen atoms in total. The number of halogens is 2. The molecule has 0 aliphatic heterocycles. The fraction of sp³-hybridized carbons (Fsp3) is 1.00. The van der Waals surface area contributed by atoms with Gasteiger partial charge in [-0.2, -0.15) is 0 Å². The largest absolute Gasteiger partial charge is 0.0896 e. The Labute approximate surface area is 91.7 Å². The summed E-state index contributed by atoms with van der Waals surface area (Å²) in [4.78, 5) is 0. The molecule has 0 bridgehead atoms. The van der Waals surface area contributed by atoms with Crippen molar-refractivity contribution < 1.29 is 0 Å². The first-order valence-electron chi connectivity index (χ1n) is 4.67. The smallest absolute Gasteiger partial charge is 0.0718 e.